The van der Waals surface area contributed by atoms with Crippen molar-refractivity contribution >= 4 is 5.71 Å². The molecule has 66 valence electrons. The monoisotopic (exact) mass is 176 g/mol. The molecule has 4 nitrogen and oxygen atoms in total. The Morgan fingerprint density at radius 2 is 2.15 bits per heavy atom. The van der Waals surface area contributed by atoms with Crippen LogP contribution < -0.4 is 4.74 Å². The Hall–Kier alpha value is -1.71. The van der Waals surface area contributed by atoms with Gasteiger partial charge in [-0.2, -0.15) is 0 Å². The molecule has 0 aromatic heterocycles. The predicted molar refractivity (Wildman–Crippen MR) is 48.9 cm³/mol. The molecule has 0 saturated carbocycles. The number of fused-ring (bicyclic) bond motifs is 1. The number of hydrogen-bond acceptors (Lipinski definition) is 3. The summed E-state index contributed by atoms with van der Waals surface area (Å²) >= 11 is 0. The second kappa shape index (κ2) is 3.35. The third kappa shape index (κ3) is 1.42. The van der Waals surface area contributed by atoms with E-state index in [4.69, 9.17) is 4.74 Å². The van der Waals surface area contributed by atoms with Crippen molar-refractivity contribution in [2.75, 3.05) is 6.61 Å². The van der Waals surface area contributed by atoms with Gasteiger partial charge >= 0.3 is 0 Å². The van der Waals surface area contributed by atoms with Gasteiger partial charge < -0.3 is 4.74 Å². The lowest BCUT2D eigenvalue weighted by atomic mass is 10.0. The van der Waals surface area contributed by atoms with Gasteiger partial charge in [0.05, 0.1) is 17.6 Å². The van der Waals surface area contributed by atoms with E-state index < -0.39 is 0 Å². The summed E-state index contributed by atoms with van der Waals surface area (Å²) in [7, 11) is 0. The first-order valence-corrected chi connectivity index (χ1v) is 4.03. The van der Waals surface area contributed by atoms with Crippen LogP contribution in [0.5, 0.6) is 5.75 Å². The minimum Gasteiger partial charge on any atom is -0.492 e. The molecule has 4 heteroatoms. The van der Waals surface area contributed by atoms with Crippen LogP contribution in [0.2, 0.25) is 0 Å². The van der Waals surface area contributed by atoms with Crippen molar-refractivity contribution in [3.05, 3.63) is 34.7 Å². The molecule has 0 unspecified atom stereocenters. The third-order valence-electron chi connectivity index (χ3n) is 1.96. The summed E-state index contributed by atoms with van der Waals surface area (Å²) in [6.07, 6.45) is 0.642. The summed E-state index contributed by atoms with van der Waals surface area (Å²) < 4.78 is 5.38. The van der Waals surface area contributed by atoms with E-state index in [9.17, 15) is 4.91 Å². The van der Waals surface area contributed by atoms with Crippen LogP contribution in [0.1, 0.15) is 12.0 Å². The summed E-state index contributed by atoms with van der Waals surface area (Å²) in [5, 5.41) is 6.07. The highest BCUT2D eigenvalue weighted by molar-refractivity contribution is 6.03. The Kier molecular flexibility index (Phi) is 2.04. The molecule has 13 heavy (non-hydrogen) atoms. The number of ether oxygens (including phenoxy) is 1. The first-order valence-electron chi connectivity index (χ1n) is 4.03. The highest BCUT2D eigenvalue weighted by atomic mass is 16.5. The van der Waals surface area contributed by atoms with Crippen LogP contribution in [-0.2, 0) is 0 Å². The fourth-order valence-corrected chi connectivity index (χ4v) is 1.38. The van der Waals surface area contributed by atoms with Gasteiger partial charge in [0.1, 0.15) is 5.75 Å². The van der Waals surface area contributed by atoms with Gasteiger partial charge in [-0.1, -0.05) is 12.1 Å². The van der Waals surface area contributed by atoms with Gasteiger partial charge in [0.15, 0.2) is 0 Å². The van der Waals surface area contributed by atoms with Gasteiger partial charge in [-0.3, -0.25) is 0 Å². The topological polar surface area (TPSA) is 51.0 Å². The maximum absolute atomic E-state index is 10.0. The van der Waals surface area contributed by atoms with Gasteiger partial charge in [-0.05, 0) is 12.1 Å². The molecule has 0 N–H and O–H groups in total. The second-order valence-corrected chi connectivity index (χ2v) is 2.72. The number of benzene rings is 1. The molecule has 1 aliphatic heterocycles. The predicted octanol–water partition coefficient (Wildman–Crippen LogP) is 1.94. The maximum atomic E-state index is 10.0. The highest BCUT2D eigenvalue weighted by Gasteiger charge is 2.15. The summed E-state index contributed by atoms with van der Waals surface area (Å²) in [6, 6.07) is 7.50. The van der Waals surface area contributed by atoms with Crippen molar-refractivity contribution in [2.45, 2.75) is 6.42 Å². The Morgan fingerprint density at radius 1 is 1.31 bits per heavy atom. The Bertz CT molecular complexity index is 360. The molecule has 1 aromatic carbocycles. The molecule has 0 amide bonds. The SMILES string of the molecule is O=N/N=C1\CCOc2ccccc21. The summed E-state index contributed by atoms with van der Waals surface area (Å²) in [4.78, 5) is 10.0. The van der Waals surface area contributed by atoms with Gasteiger partial charge in [-0.25, -0.2) is 0 Å². The Morgan fingerprint density at radius 3 is 3.00 bits per heavy atom. The van der Waals surface area contributed by atoms with Gasteiger partial charge in [-0.15, -0.1) is 10.0 Å². The van der Waals surface area contributed by atoms with Crippen LogP contribution in [0.4, 0.5) is 0 Å². The van der Waals surface area contributed by atoms with Crippen LogP contribution >= 0.6 is 0 Å². The molecule has 0 fully saturated rings. The van der Waals surface area contributed by atoms with E-state index in [1.807, 2.05) is 24.3 Å². The average Bonchev–Trinajstić information content (AvgIpc) is 2.19. The maximum Gasteiger partial charge on any atom is 0.128 e. The number of rotatable bonds is 1. The van der Waals surface area contributed by atoms with E-state index in [1.165, 1.54) is 0 Å². The first-order chi connectivity index (χ1) is 6.42. The molecule has 2 rings (SSSR count). The Labute approximate surface area is 75.2 Å². The molecule has 0 aliphatic carbocycles. The van der Waals surface area contributed by atoms with Crippen molar-refractivity contribution in [1.82, 2.24) is 0 Å². The smallest absolute Gasteiger partial charge is 0.128 e. The van der Waals surface area contributed by atoms with Crippen LogP contribution in [-0.4, -0.2) is 12.3 Å². The molecule has 1 aromatic rings. The van der Waals surface area contributed by atoms with E-state index in [1.54, 1.807) is 0 Å². The largest absolute Gasteiger partial charge is 0.492 e. The molecule has 0 bridgehead atoms. The molecule has 0 spiro atoms. The summed E-state index contributed by atoms with van der Waals surface area (Å²) in [5.74, 6) is 0.774. The van der Waals surface area contributed by atoms with Crippen molar-refractivity contribution in [3.8, 4) is 5.75 Å². The van der Waals surface area contributed by atoms with E-state index in [-0.39, 0.29) is 0 Å². The van der Waals surface area contributed by atoms with Crippen LogP contribution in [0.15, 0.2) is 34.7 Å². The second-order valence-electron chi connectivity index (χ2n) is 2.72. The van der Waals surface area contributed by atoms with Crippen molar-refractivity contribution in [1.29, 1.82) is 0 Å². The van der Waals surface area contributed by atoms with Gasteiger partial charge in [0.2, 0.25) is 0 Å². The summed E-state index contributed by atoms with van der Waals surface area (Å²) in [6.45, 7) is 0.561. The Balaban J connectivity index is 2.48. The number of nitrogens with zero attached hydrogens (tertiary/aromatic N) is 2. The fourth-order valence-electron chi connectivity index (χ4n) is 1.38. The van der Waals surface area contributed by atoms with Crippen LogP contribution in [0.3, 0.4) is 0 Å². The molecular formula is C9H8N2O2. The van der Waals surface area contributed by atoms with E-state index in [2.05, 4.69) is 10.4 Å². The van der Waals surface area contributed by atoms with Gasteiger partial charge in [0, 0.05) is 12.0 Å². The molecule has 1 heterocycles. The minimum absolute atomic E-state index is 0.561. The zero-order valence-corrected chi connectivity index (χ0v) is 6.93. The highest BCUT2D eigenvalue weighted by Crippen LogP contribution is 2.24. The van der Waals surface area contributed by atoms with Crippen molar-refractivity contribution in [3.63, 3.8) is 0 Å². The number of hydrogen-bond donors (Lipinski definition) is 0. The fraction of sp³-hybridized carbons (Fsp3) is 0.222. The first kappa shape index (κ1) is 7.91. The van der Waals surface area contributed by atoms with Crippen LogP contribution in [0.25, 0.3) is 0 Å². The minimum atomic E-state index is 0.561. The van der Waals surface area contributed by atoms with Gasteiger partial charge in [0.25, 0.3) is 0 Å². The zero-order chi connectivity index (χ0) is 9.10. The van der Waals surface area contributed by atoms with E-state index >= 15 is 0 Å². The van der Waals surface area contributed by atoms with Crippen molar-refractivity contribution < 1.29 is 4.74 Å². The molecule has 1 aliphatic rings. The molecule has 0 radical (unpaired) electrons. The van der Waals surface area contributed by atoms with E-state index in [0.717, 1.165) is 11.3 Å². The lowest BCUT2D eigenvalue weighted by molar-refractivity contribution is 0.320. The molecular weight excluding hydrogens is 168 g/mol. The van der Waals surface area contributed by atoms with Crippen LogP contribution in [0, 0.1) is 4.91 Å². The lowest BCUT2D eigenvalue weighted by Crippen LogP contribution is -2.15. The third-order valence-corrected chi connectivity index (χ3v) is 1.96. The molecule has 0 atom stereocenters. The average molecular weight is 176 g/mol. The number of para-hydroxylation sites is 1. The van der Waals surface area contributed by atoms with E-state index in [0.29, 0.717) is 18.7 Å². The quantitative estimate of drug-likeness (QED) is 0.485. The lowest BCUT2D eigenvalue weighted by Gasteiger charge is -2.17. The molecule has 0 saturated heterocycles. The summed E-state index contributed by atoms with van der Waals surface area (Å²) in [5.41, 5.74) is 1.57. The zero-order valence-electron chi connectivity index (χ0n) is 6.93. The number of nitroso groups, excluding NO2 is 1. The normalized spacial score (nSPS) is 17.7. The van der Waals surface area contributed by atoms with Crippen molar-refractivity contribution in [2.24, 2.45) is 10.4 Å². The standard InChI is InChI=1S/C9H8N2O2/c12-11-10-8-5-6-13-9-4-2-1-3-7(8)9/h1-4H,5-6H2/b10-8+.